The molecule has 0 heterocycles. The van der Waals surface area contributed by atoms with Gasteiger partial charge in [0.2, 0.25) is 0 Å². The van der Waals surface area contributed by atoms with Crippen LogP contribution in [-0.2, 0) is 5.60 Å². The first-order chi connectivity index (χ1) is 9.23. The highest BCUT2D eigenvalue weighted by Crippen LogP contribution is 2.40. The Labute approximate surface area is 135 Å². The van der Waals surface area contributed by atoms with E-state index in [1.165, 1.54) is 19.1 Å². The number of benzene rings is 2. The fraction of sp³-hybridized carbons (Fsp3) is 0.143. The van der Waals surface area contributed by atoms with E-state index in [4.69, 9.17) is 46.4 Å². The molecule has 106 valence electrons. The maximum Gasteiger partial charge on any atom is 0.142 e. The van der Waals surface area contributed by atoms with Crippen LogP contribution in [-0.4, -0.2) is 5.11 Å². The Hall–Kier alpha value is -0.510. The number of hydrogen-bond acceptors (Lipinski definition) is 1. The first kappa shape index (κ1) is 15.9. The van der Waals surface area contributed by atoms with Crippen molar-refractivity contribution >= 4 is 46.4 Å². The molecule has 0 saturated heterocycles. The van der Waals surface area contributed by atoms with Crippen molar-refractivity contribution in [1.82, 2.24) is 0 Å². The van der Waals surface area contributed by atoms with Crippen LogP contribution in [0.5, 0.6) is 0 Å². The third kappa shape index (κ3) is 2.90. The van der Waals surface area contributed by atoms with Gasteiger partial charge in [0, 0.05) is 26.2 Å². The fourth-order valence-electron chi connectivity index (χ4n) is 1.91. The van der Waals surface area contributed by atoms with Crippen LogP contribution in [0.2, 0.25) is 20.1 Å². The molecule has 0 aliphatic heterocycles. The Balaban J connectivity index is 2.66. The van der Waals surface area contributed by atoms with E-state index >= 15 is 0 Å². The normalized spacial score (nSPS) is 14.2. The average molecular weight is 354 g/mol. The lowest BCUT2D eigenvalue weighted by Gasteiger charge is -2.27. The predicted octanol–water partition coefficient (Wildman–Crippen LogP) is 5.70. The van der Waals surface area contributed by atoms with Crippen LogP contribution in [0.4, 0.5) is 4.39 Å². The molecule has 0 aliphatic carbocycles. The van der Waals surface area contributed by atoms with E-state index in [2.05, 4.69) is 0 Å². The molecule has 0 aliphatic rings. The van der Waals surface area contributed by atoms with E-state index in [-0.39, 0.29) is 15.6 Å². The standard InChI is InChI=1S/C14H9Cl4FO/c1-14(20,8-4-7(15)2-3-10(8)16)9-5-13(19)12(18)6-11(9)17/h2-6,20H,1H3. The molecule has 0 bridgehead atoms. The molecule has 0 amide bonds. The van der Waals surface area contributed by atoms with Crippen LogP contribution in [0.3, 0.4) is 0 Å². The largest absolute Gasteiger partial charge is 0.381 e. The van der Waals surface area contributed by atoms with Gasteiger partial charge < -0.3 is 5.11 Å². The molecule has 0 aromatic heterocycles. The first-order valence-electron chi connectivity index (χ1n) is 5.56. The van der Waals surface area contributed by atoms with E-state index in [0.717, 1.165) is 6.07 Å². The van der Waals surface area contributed by atoms with Gasteiger partial charge in [-0.3, -0.25) is 0 Å². The van der Waals surface area contributed by atoms with Crippen LogP contribution in [0.25, 0.3) is 0 Å². The maximum atomic E-state index is 13.6. The molecule has 2 aromatic rings. The summed E-state index contributed by atoms with van der Waals surface area (Å²) in [5.74, 6) is -0.676. The van der Waals surface area contributed by atoms with Gasteiger partial charge in [0.15, 0.2) is 0 Å². The van der Waals surface area contributed by atoms with E-state index < -0.39 is 11.4 Å². The smallest absolute Gasteiger partial charge is 0.142 e. The lowest BCUT2D eigenvalue weighted by Crippen LogP contribution is -2.24. The molecule has 0 spiro atoms. The van der Waals surface area contributed by atoms with E-state index in [1.54, 1.807) is 12.1 Å². The monoisotopic (exact) mass is 352 g/mol. The summed E-state index contributed by atoms with van der Waals surface area (Å²) >= 11 is 23.7. The zero-order valence-electron chi connectivity index (χ0n) is 10.2. The minimum absolute atomic E-state index is 0.119. The Morgan fingerprint density at radius 1 is 0.900 bits per heavy atom. The third-order valence-electron chi connectivity index (χ3n) is 2.99. The molecule has 0 radical (unpaired) electrons. The van der Waals surface area contributed by atoms with Gasteiger partial charge in [0.05, 0.1) is 5.02 Å². The van der Waals surface area contributed by atoms with Gasteiger partial charge in [0.1, 0.15) is 11.4 Å². The Bertz CT molecular complexity index is 670. The quantitative estimate of drug-likeness (QED) is 0.687. The average Bonchev–Trinajstić information content (AvgIpc) is 2.36. The zero-order chi connectivity index (χ0) is 15.1. The van der Waals surface area contributed by atoms with Gasteiger partial charge in [0.25, 0.3) is 0 Å². The molecular weight excluding hydrogens is 345 g/mol. The lowest BCUT2D eigenvalue weighted by molar-refractivity contribution is 0.102. The van der Waals surface area contributed by atoms with Gasteiger partial charge in [-0.2, -0.15) is 0 Å². The second-order valence-electron chi connectivity index (χ2n) is 4.44. The van der Waals surface area contributed by atoms with Crippen molar-refractivity contribution in [1.29, 1.82) is 0 Å². The van der Waals surface area contributed by atoms with Gasteiger partial charge in [-0.15, -0.1) is 0 Å². The number of aliphatic hydroxyl groups is 1. The number of halogens is 5. The summed E-state index contributed by atoms with van der Waals surface area (Å²) in [6, 6.07) is 6.97. The highest BCUT2D eigenvalue weighted by molar-refractivity contribution is 6.35. The predicted molar refractivity (Wildman–Crippen MR) is 81.6 cm³/mol. The van der Waals surface area contributed by atoms with Crippen LogP contribution in [0.1, 0.15) is 18.1 Å². The van der Waals surface area contributed by atoms with Crippen molar-refractivity contribution in [2.24, 2.45) is 0 Å². The van der Waals surface area contributed by atoms with E-state index in [1.807, 2.05) is 0 Å². The lowest BCUT2D eigenvalue weighted by atomic mass is 9.88. The van der Waals surface area contributed by atoms with Gasteiger partial charge in [-0.25, -0.2) is 4.39 Å². The molecule has 20 heavy (non-hydrogen) atoms. The highest BCUT2D eigenvalue weighted by Gasteiger charge is 2.31. The Morgan fingerprint density at radius 3 is 2.15 bits per heavy atom. The van der Waals surface area contributed by atoms with Gasteiger partial charge >= 0.3 is 0 Å². The molecule has 2 aromatic carbocycles. The molecule has 6 heteroatoms. The fourth-order valence-corrected chi connectivity index (χ4v) is 2.95. The Morgan fingerprint density at radius 2 is 1.50 bits per heavy atom. The van der Waals surface area contributed by atoms with Crippen LogP contribution >= 0.6 is 46.4 Å². The Kier molecular flexibility index (Phi) is 4.53. The molecule has 1 unspecified atom stereocenters. The third-order valence-corrected chi connectivity index (χ3v) is 4.15. The molecule has 1 nitrogen and oxygen atoms in total. The summed E-state index contributed by atoms with van der Waals surface area (Å²) in [7, 11) is 0. The van der Waals surface area contributed by atoms with Crippen LogP contribution in [0, 0.1) is 5.82 Å². The van der Waals surface area contributed by atoms with Gasteiger partial charge in [-0.1, -0.05) is 46.4 Å². The number of rotatable bonds is 2. The van der Waals surface area contributed by atoms with Gasteiger partial charge in [-0.05, 0) is 37.3 Å². The first-order valence-corrected chi connectivity index (χ1v) is 7.07. The van der Waals surface area contributed by atoms with Crippen molar-refractivity contribution in [2.45, 2.75) is 12.5 Å². The number of hydrogen-bond donors (Lipinski definition) is 1. The van der Waals surface area contributed by atoms with Crippen molar-refractivity contribution in [2.75, 3.05) is 0 Å². The van der Waals surface area contributed by atoms with Crippen molar-refractivity contribution in [3.63, 3.8) is 0 Å². The van der Waals surface area contributed by atoms with Crippen molar-refractivity contribution < 1.29 is 9.50 Å². The second-order valence-corrected chi connectivity index (χ2v) is 6.10. The van der Waals surface area contributed by atoms with Crippen molar-refractivity contribution in [3.05, 3.63) is 67.4 Å². The molecule has 1 N–H and O–H groups in total. The van der Waals surface area contributed by atoms with Crippen LogP contribution < -0.4 is 0 Å². The highest BCUT2D eigenvalue weighted by atomic mass is 35.5. The second kappa shape index (κ2) is 5.70. The summed E-state index contributed by atoms with van der Waals surface area (Å²) in [4.78, 5) is 0. The SMILES string of the molecule is CC(O)(c1cc(Cl)ccc1Cl)c1cc(F)c(Cl)cc1Cl. The summed E-state index contributed by atoms with van der Waals surface area (Å²) < 4.78 is 13.6. The summed E-state index contributed by atoms with van der Waals surface area (Å²) in [6.07, 6.45) is 0. The topological polar surface area (TPSA) is 20.2 Å². The minimum atomic E-state index is -1.61. The van der Waals surface area contributed by atoms with Crippen LogP contribution in [0.15, 0.2) is 30.3 Å². The molecule has 2 rings (SSSR count). The maximum absolute atomic E-state index is 13.6. The summed E-state index contributed by atoms with van der Waals surface area (Å²) in [5.41, 5.74) is -1.12. The minimum Gasteiger partial charge on any atom is -0.381 e. The zero-order valence-corrected chi connectivity index (χ0v) is 13.2. The van der Waals surface area contributed by atoms with E-state index in [0.29, 0.717) is 15.6 Å². The molecular formula is C14H9Cl4FO. The summed E-state index contributed by atoms with van der Waals surface area (Å²) in [6.45, 7) is 1.46. The molecule has 1 atom stereocenters. The summed E-state index contributed by atoms with van der Waals surface area (Å²) in [5, 5.41) is 11.4. The molecule has 0 fully saturated rings. The van der Waals surface area contributed by atoms with Crippen molar-refractivity contribution in [3.8, 4) is 0 Å². The molecule has 0 saturated carbocycles. The van der Waals surface area contributed by atoms with E-state index in [9.17, 15) is 9.50 Å².